The van der Waals surface area contributed by atoms with E-state index in [4.69, 9.17) is 22.1 Å². The van der Waals surface area contributed by atoms with Gasteiger partial charge < -0.3 is 15.8 Å². The molecular weight excluding hydrogens is 286 g/mol. The molecule has 110 valence electrons. The minimum absolute atomic E-state index is 0.0115. The Morgan fingerprint density at radius 2 is 2.30 bits per heavy atom. The maximum atomic E-state index is 11.8. The number of nitrogens with zero attached hydrogens (tertiary/aromatic N) is 1. The summed E-state index contributed by atoms with van der Waals surface area (Å²) in [4.78, 5) is 21.9. The van der Waals surface area contributed by atoms with E-state index < -0.39 is 16.9 Å². The number of amides is 1. The molecule has 0 saturated carbocycles. The highest BCUT2D eigenvalue weighted by molar-refractivity contribution is 6.32. The number of benzene rings is 1. The summed E-state index contributed by atoms with van der Waals surface area (Å²) in [5.74, 6) is -0.405. The lowest BCUT2D eigenvalue weighted by molar-refractivity contribution is -0.384. The molecule has 1 aromatic carbocycles. The van der Waals surface area contributed by atoms with Gasteiger partial charge in [0.2, 0.25) is 5.91 Å². The van der Waals surface area contributed by atoms with Crippen LogP contribution >= 0.6 is 11.6 Å². The van der Waals surface area contributed by atoms with Crippen LogP contribution < -0.4 is 11.1 Å². The Balaban J connectivity index is 2.66. The molecule has 1 atom stereocenters. The van der Waals surface area contributed by atoms with Crippen LogP contribution in [0.15, 0.2) is 18.2 Å². The van der Waals surface area contributed by atoms with Gasteiger partial charge in [-0.05, 0) is 25.0 Å². The summed E-state index contributed by atoms with van der Waals surface area (Å²) in [7, 11) is 1.57. The van der Waals surface area contributed by atoms with Crippen molar-refractivity contribution in [3.05, 3.63) is 33.3 Å². The number of methoxy groups -OCH3 is 1. The molecule has 7 nitrogen and oxygen atoms in total. The van der Waals surface area contributed by atoms with Crippen LogP contribution in [0.25, 0.3) is 0 Å². The summed E-state index contributed by atoms with van der Waals surface area (Å²) < 4.78 is 4.87. The highest BCUT2D eigenvalue weighted by Gasteiger charge is 2.16. The number of nitrogens with one attached hydrogen (secondary N) is 1. The number of carbonyl (C=O) groups is 1. The minimum Gasteiger partial charge on any atom is -0.385 e. The number of nitro groups is 1. The van der Waals surface area contributed by atoms with Crippen LogP contribution in [0.5, 0.6) is 0 Å². The summed E-state index contributed by atoms with van der Waals surface area (Å²) in [5.41, 5.74) is 5.73. The molecule has 0 aliphatic carbocycles. The van der Waals surface area contributed by atoms with Gasteiger partial charge in [-0.2, -0.15) is 0 Å². The monoisotopic (exact) mass is 301 g/mol. The van der Waals surface area contributed by atoms with E-state index in [0.29, 0.717) is 19.4 Å². The normalized spacial score (nSPS) is 11.9. The molecule has 3 N–H and O–H groups in total. The summed E-state index contributed by atoms with van der Waals surface area (Å²) in [6.45, 7) is 0.521. The van der Waals surface area contributed by atoms with E-state index in [9.17, 15) is 14.9 Å². The van der Waals surface area contributed by atoms with Crippen LogP contribution in [-0.4, -0.2) is 30.6 Å². The molecule has 0 aliphatic heterocycles. The topological polar surface area (TPSA) is 107 Å². The molecule has 0 saturated heterocycles. The van der Waals surface area contributed by atoms with Crippen molar-refractivity contribution in [3.8, 4) is 0 Å². The molecule has 8 heteroatoms. The molecule has 20 heavy (non-hydrogen) atoms. The number of nitrogens with two attached hydrogens (primary N) is 1. The zero-order chi connectivity index (χ0) is 15.1. The number of halogens is 1. The van der Waals surface area contributed by atoms with E-state index in [-0.39, 0.29) is 16.4 Å². The lowest BCUT2D eigenvalue weighted by Crippen LogP contribution is -2.35. The van der Waals surface area contributed by atoms with Gasteiger partial charge >= 0.3 is 0 Å². The Bertz CT molecular complexity index is 496. The predicted octanol–water partition coefficient (Wildman–Crippen LogP) is 1.94. The second kappa shape index (κ2) is 7.78. The zero-order valence-corrected chi connectivity index (χ0v) is 11.7. The lowest BCUT2D eigenvalue weighted by Gasteiger charge is -2.12. The third-order valence-corrected chi connectivity index (χ3v) is 2.93. The quantitative estimate of drug-likeness (QED) is 0.454. The van der Waals surface area contributed by atoms with E-state index in [2.05, 4.69) is 5.32 Å². The van der Waals surface area contributed by atoms with Crippen LogP contribution in [0.1, 0.15) is 12.8 Å². The molecular formula is C12H16ClN3O4. The molecule has 0 radical (unpaired) electrons. The Hall–Kier alpha value is -1.70. The van der Waals surface area contributed by atoms with Crippen molar-refractivity contribution in [2.24, 2.45) is 5.73 Å². The SMILES string of the molecule is COCCCC(N)C(=O)Nc1ccc(Cl)c([N+](=O)[O-])c1. The molecule has 1 unspecified atom stereocenters. The van der Waals surface area contributed by atoms with Crippen molar-refractivity contribution in [3.63, 3.8) is 0 Å². The number of nitro benzene ring substituents is 1. The fourth-order valence-corrected chi connectivity index (χ4v) is 1.73. The zero-order valence-electron chi connectivity index (χ0n) is 11.0. The van der Waals surface area contributed by atoms with Gasteiger partial charge in [-0.3, -0.25) is 14.9 Å². The number of carbonyl (C=O) groups excluding carboxylic acids is 1. The standard InChI is InChI=1S/C12H16ClN3O4/c1-20-6-2-3-10(14)12(17)15-8-4-5-9(13)11(7-8)16(18)19/h4-5,7,10H,2-3,6,14H2,1H3,(H,15,17). The molecule has 0 spiro atoms. The second-order valence-electron chi connectivity index (χ2n) is 4.15. The van der Waals surface area contributed by atoms with E-state index in [1.54, 1.807) is 7.11 Å². The van der Waals surface area contributed by atoms with Gasteiger partial charge in [0.25, 0.3) is 5.69 Å². The summed E-state index contributed by atoms with van der Waals surface area (Å²) in [5, 5.41) is 13.3. The maximum absolute atomic E-state index is 11.8. The van der Waals surface area contributed by atoms with Crippen molar-refractivity contribution < 1.29 is 14.5 Å². The van der Waals surface area contributed by atoms with Crippen LogP contribution in [0.3, 0.4) is 0 Å². The summed E-state index contributed by atoms with van der Waals surface area (Å²) in [6, 6.07) is 3.34. The molecule has 0 fully saturated rings. The largest absolute Gasteiger partial charge is 0.385 e. The van der Waals surface area contributed by atoms with Crippen LogP contribution in [0, 0.1) is 10.1 Å². The molecule has 0 aliphatic rings. The van der Waals surface area contributed by atoms with Gasteiger partial charge in [-0.25, -0.2) is 0 Å². The Labute approximate surface area is 121 Å². The minimum atomic E-state index is -0.695. The molecule has 1 aromatic rings. The lowest BCUT2D eigenvalue weighted by atomic mass is 10.1. The first-order chi connectivity index (χ1) is 9.45. The number of anilines is 1. The van der Waals surface area contributed by atoms with Crippen LogP contribution in [-0.2, 0) is 9.53 Å². The second-order valence-corrected chi connectivity index (χ2v) is 4.56. The van der Waals surface area contributed by atoms with Crippen molar-refractivity contribution in [2.45, 2.75) is 18.9 Å². The third-order valence-electron chi connectivity index (χ3n) is 2.61. The number of hydrogen-bond acceptors (Lipinski definition) is 5. The smallest absolute Gasteiger partial charge is 0.289 e. The van der Waals surface area contributed by atoms with Gasteiger partial charge in [0.05, 0.1) is 11.0 Å². The van der Waals surface area contributed by atoms with Crippen LogP contribution in [0.4, 0.5) is 11.4 Å². The molecule has 1 amide bonds. The Morgan fingerprint density at radius 1 is 1.60 bits per heavy atom. The molecule has 0 heterocycles. The van der Waals surface area contributed by atoms with Gasteiger partial charge in [-0.15, -0.1) is 0 Å². The number of hydrogen-bond donors (Lipinski definition) is 2. The van der Waals surface area contributed by atoms with Crippen molar-refractivity contribution >= 4 is 28.9 Å². The first-order valence-corrected chi connectivity index (χ1v) is 6.33. The van der Waals surface area contributed by atoms with Crippen molar-refractivity contribution in [1.29, 1.82) is 0 Å². The van der Waals surface area contributed by atoms with Crippen LogP contribution in [0.2, 0.25) is 5.02 Å². The third kappa shape index (κ3) is 4.76. The van der Waals surface area contributed by atoms with E-state index >= 15 is 0 Å². The van der Waals surface area contributed by atoms with E-state index in [1.165, 1.54) is 18.2 Å². The predicted molar refractivity (Wildman–Crippen MR) is 75.8 cm³/mol. The van der Waals surface area contributed by atoms with Gasteiger partial charge in [0.15, 0.2) is 0 Å². The first-order valence-electron chi connectivity index (χ1n) is 5.95. The van der Waals surface area contributed by atoms with Crippen molar-refractivity contribution in [2.75, 3.05) is 19.0 Å². The molecule has 1 rings (SSSR count). The highest BCUT2D eigenvalue weighted by atomic mass is 35.5. The Kier molecular flexibility index (Phi) is 6.37. The fraction of sp³-hybridized carbons (Fsp3) is 0.417. The average Bonchev–Trinajstić information content (AvgIpc) is 2.40. The molecule has 0 aromatic heterocycles. The summed E-state index contributed by atoms with van der Waals surface area (Å²) in [6.07, 6.45) is 1.13. The van der Waals surface area contributed by atoms with Gasteiger partial charge in [0.1, 0.15) is 5.02 Å². The fourth-order valence-electron chi connectivity index (χ4n) is 1.54. The van der Waals surface area contributed by atoms with Gasteiger partial charge in [-0.1, -0.05) is 11.6 Å². The molecule has 0 bridgehead atoms. The highest BCUT2D eigenvalue weighted by Crippen LogP contribution is 2.27. The number of rotatable bonds is 7. The maximum Gasteiger partial charge on any atom is 0.289 e. The number of ether oxygens (including phenoxy) is 1. The van der Waals surface area contributed by atoms with Crippen molar-refractivity contribution in [1.82, 2.24) is 0 Å². The Morgan fingerprint density at radius 3 is 2.90 bits per heavy atom. The summed E-state index contributed by atoms with van der Waals surface area (Å²) >= 11 is 5.68. The van der Waals surface area contributed by atoms with E-state index in [0.717, 1.165) is 0 Å². The average molecular weight is 302 g/mol. The first kappa shape index (κ1) is 16.4. The van der Waals surface area contributed by atoms with E-state index in [1.807, 2.05) is 0 Å². The van der Waals surface area contributed by atoms with Gasteiger partial charge in [0, 0.05) is 25.5 Å².